The Kier molecular flexibility index (Phi) is 5.31. The Morgan fingerprint density at radius 3 is 2.64 bits per heavy atom. The van der Waals surface area contributed by atoms with Crippen molar-refractivity contribution in [3.63, 3.8) is 0 Å². The summed E-state index contributed by atoms with van der Waals surface area (Å²) >= 11 is 0. The van der Waals surface area contributed by atoms with Crippen molar-refractivity contribution in [2.75, 3.05) is 11.9 Å². The van der Waals surface area contributed by atoms with E-state index in [1.807, 2.05) is 10.9 Å². The maximum atomic E-state index is 4.47. The summed E-state index contributed by atoms with van der Waals surface area (Å²) in [4.78, 5) is 8.83. The third kappa shape index (κ3) is 4.35. The molecule has 2 heterocycles. The number of rotatable bonds is 7. The zero-order valence-corrected chi connectivity index (χ0v) is 15.5. The van der Waals surface area contributed by atoms with Crippen molar-refractivity contribution in [3.8, 4) is 11.1 Å². The predicted octanol–water partition coefficient (Wildman–Crippen LogP) is 4.61. The van der Waals surface area contributed by atoms with E-state index < -0.39 is 0 Å². The highest BCUT2D eigenvalue weighted by atomic mass is 15.3. The van der Waals surface area contributed by atoms with Gasteiger partial charge in [-0.15, -0.1) is 0 Å². The molecule has 0 radical (unpaired) electrons. The van der Waals surface area contributed by atoms with E-state index in [2.05, 4.69) is 72.5 Å². The van der Waals surface area contributed by atoms with Crippen molar-refractivity contribution in [3.05, 3.63) is 36.9 Å². The highest BCUT2D eigenvalue weighted by Gasteiger charge is 2.08. The number of nitrogens with one attached hydrogen (secondary N) is 1. The highest BCUT2D eigenvalue weighted by molar-refractivity contribution is 5.92. The van der Waals surface area contributed by atoms with Gasteiger partial charge in [-0.3, -0.25) is 4.68 Å². The molecule has 5 heteroatoms. The van der Waals surface area contributed by atoms with E-state index in [1.54, 1.807) is 6.33 Å². The standard InChI is InChI=1S/C20H27N5/c1-14(2)7-8-21-20-18-9-16(5-6-19(18)22-13-23-20)17-10-24-25(12-17)11-15(3)4/h5-6,9-10,12-15H,7-8,11H2,1-4H3,(H,21,22,23). The van der Waals surface area contributed by atoms with Crippen molar-refractivity contribution in [1.29, 1.82) is 0 Å². The van der Waals surface area contributed by atoms with Gasteiger partial charge in [0.05, 0.1) is 11.7 Å². The van der Waals surface area contributed by atoms with Gasteiger partial charge in [-0.2, -0.15) is 5.10 Å². The van der Waals surface area contributed by atoms with Crippen LogP contribution in [0.15, 0.2) is 36.9 Å². The summed E-state index contributed by atoms with van der Waals surface area (Å²) in [6.07, 6.45) is 6.78. The van der Waals surface area contributed by atoms with E-state index in [0.717, 1.165) is 47.4 Å². The van der Waals surface area contributed by atoms with Crippen molar-refractivity contribution in [2.45, 2.75) is 40.7 Å². The fraction of sp³-hybridized carbons (Fsp3) is 0.450. The van der Waals surface area contributed by atoms with Crippen LogP contribution in [0.3, 0.4) is 0 Å². The van der Waals surface area contributed by atoms with Gasteiger partial charge in [0.25, 0.3) is 0 Å². The lowest BCUT2D eigenvalue weighted by Gasteiger charge is -2.10. The Balaban J connectivity index is 1.88. The summed E-state index contributed by atoms with van der Waals surface area (Å²) in [5.74, 6) is 2.15. The highest BCUT2D eigenvalue weighted by Crippen LogP contribution is 2.27. The lowest BCUT2D eigenvalue weighted by atomic mass is 10.1. The van der Waals surface area contributed by atoms with Gasteiger partial charge < -0.3 is 5.32 Å². The number of nitrogens with zero attached hydrogens (tertiary/aromatic N) is 4. The van der Waals surface area contributed by atoms with Crippen LogP contribution in [0, 0.1) is 11.8 Å². The second kappa shape index (κ2) is 7.64. The van der Waals surface area contributed by atoms with Crippen molar-refractivity contribution in [2.24, 2.45) is 11.8 Å². The Morgan fingerprint density at radius 2 is 1.88 bits per heavy atom. The molecular formula is C20H27N5. The molecule has 0 atom stereocenters. The predicted molar refractivity (Wildman–Crippen MR) is 104 cm³/mol. The SMILES string of the molecule is CC(C)CCNc1ncnc2ccc(-c3cnn(CC(C)C)c3)cc12. The molecule has 0 bridgehead atoms. The van der Waals surface area contributed by atoms with Crippen molar-refractivity contribution >= 4 is 16.7 Å². The molecule has 0 unspecified atom stereocenters. The maximum absolute atomic E-state index is 4.47. The van der Waals surface area contributed by atoms with Gasteiger partial charge in [-0.1, -0.05) is 33.8 Å². The summed E-state index contributed by atoms with van der Waals surface area (Å²) in [5.41, 5.74) is 3.23. The fourth-order valence-electron chi connectivity index (χ4n) is 2.84. The van der Waals surface area contributed by atoms with Gasteiger partial charge in [0.1, 0.15) is 12.1 Å². The summed E-state index contributed by atoms with van der Waals surface area (Å²) in [7, 11) is 0. The number of hydrogen-bond acceptors (Lipinski definition) is 4. The minimum Gasteiger partial charge on any atom is -0.369 e. The first kappa shape index (κ1) is 17.4. The first-order chi connectivity index (χ1) is 12.0. The lowest BCUT2D eigenvalue weighted by molar-refractivity contribution is 0.483. The molecule has 0 saturated carbocycles. The summed E-state index contributed by atoms with van der Waals surface area (Å²) in [6, 6.07) is 6.31. The summed E-state index contributed by atoms with van der Waals surface area (Å²) in [6.45, 7) is 10.7. The molecule has 0 fully saturated rings. The Hall–Kier alpha value is -2.43. The van der Waals surface area contributed by atoms with E-state index in [0.29, 0.717) is 11.8 Å². The van der Waals surface area contributed by atoms with Crippen molar-refractivity contribution < 1.29 is 0 Å². The van der Waals surface area contributed by atoms with E-state index in [-0.39, 0.29) is 0 Å². The van der Waals surface area contributed by atoms with Gasteiger partial charge >= 0.3 is 0 Å². The topological polar surface area (TPSA) is 55.6 Å². The molecule has 0 spiro atoms. The minimum atomic E-state index is 0.578. The van der Waals surface area contributed by atoms with Crippen LogP contribution in [-0.4, -0.2) is 26.3 Å². The average Bonchev–Trinajstić information content (AvgIpc) is 3.02. The van der Waals surface area contributed by atoms with Crippen LogP contribution in [-0.2, 0) is 6.54 Å². The fourth-order valence-corrected chi connectivity index (χ4v) is 2.84. The second-order valence-corrected chi connectivity index (χ2v) is 7.41. The molecule has 0 aliphatic carbocycles. The summed E-state index contributed by atoms with van der Waals surface area (Å²) in [5, 5.41) is 8.99. The first-order valence-electron chi connectivity index (χ1n) is 9.04. The molecule has 3 aromatic rings. The summed E-state index contributed by atoms with van der Waals surface area (Å²) < 4.78 is 2.01. The van der Waals surface area contributed by atoms with Gasteiger partial charge in [0, 0.05) is 30.2 Å². The molecule has 1 aromatic carbocycles. The molecule has 1 N–H and O–H groups in total. The molecule has 132 valence electrons. The molecule has 0 aliphatic rings. The smallest absolute Gasteiger partial charge is 0.137 e. The van der Waals surface area contributed by atoms with Crippen LogP contribution in [0.2, 0.25) is 0 Å². The Labute approximate surface area is 149 Å². The largest absolute Gasteiger partial charge is 0.369 e. The third-order valence-electron chi connectivity index (χ3n) is 4.17. The van der Waals surface area contributed by atoms with Crippen LogP contribution in [0.5, 0.6) is 0 Å². The molecule has 3 rings (SSSR count). The van der Waals surface area contributed by atoms with Crippen LogP contribution in [0.4, 0.5) is 5.82 Å². The third-order valence-corrected chi connectivity index (χ3v) is 4.17. The average molecular weight is 337 g/mol. The number of aromatic nitrogens is 4. The second-order valence-electron chi connectivity index (χ2n) is 7.41. The van der Waals surface area contributed by atoms with E-state index in [4.69, 9.17) is 0 Å². The molecular weight excluding hydrogens is 310 g/mol. The number of benzene rings is 1. The van der Waals surface area contributed by atoms with E-state index >= 15 is 0 Å². The number of anilines is 1. The molecule has 0 saturated heterocycles. The maximum Gasteiger partial charge on any atom is 0.137 e. The van der Waals surface area contributed by atoms with Crippen LogP contribution >= 0.6 is 0 Å². The van der Waals surface area contributed by atoms with Crippen LogP contribution < -0.4 is 5.32 Å². The van der Waals surface area contributed by atoms with E-state index in [9.17, 15) is 0 Å². The zero-order chi connectivity index (χ0) is 17.8. The van der Waals surface area contributed by atoms with Gasteiger partial charge in [0.15, 0.2) is 0 Å². The molecule has 0 amide bonds. The quantitative estimate of drug-likeness (QED) is 0.684. The minimum absolute atomic E-state index is 0.578. The molecule has 0 aliphatic heterocycles. The first-order valence-corrected chi connectivity index (χ1v) is 9.04. The molecule has 5 nitrogen and oxygen atoms in total. The molecule has 2 aromatic heterocycles. The molecule has 25 heavy (non-hydrogen) atoms. The zero-order valence-electron chi connectivity index (χ0n) is 15.5. The van der Waals surface area contributed by atoms with Crippen LogP contribution in [0.1, 0.15) is 34.1 Å². The normalized spacial score (nSPS) is 11.6. The van der Waals surface area contributed by atoms with Gasteiger partial charge in [-0.05, 0) is 36.0 Å². The van der Waals surface area contributed by atoms with E-state index in [1.165, 1.54) is 0 Å². The monoisotopic (exact) mass is 337 g/mol. The Morgan fingerprint density at radius 1 is 1.04 bits per heavy atom. The number of hydrogen-bond donors (Lipinski definition) is 1. The van der Waals surface area contributed by atoms with Crippen molar-refractivity contribution in [1.82, 2.24) is 19.7 Å². The van der Waals surface area contributed by atoms with Gasteiger partial charge in [-0.25, -0.2) is 9.97 Å². The van der Waals surface area contributed by atoms with Crippen LogP contribution in [0.25, 0.3) is 22.0 Å². The Bertz CT molecular complexity index is 835. The number of fused-ring (bicyclic) bond motifs is 1. The van der Waals surface area contributed by atoms with Gasteiger partial charge in [0.2, 0.25) is 0 Å². The lowest BCUT2D eigenvalue weighted by Crippen LogP contribution is -2.06.